The summed E-state index contributed by atoms with van der Waals surface area (Å²) < 4.78 is 5.69. The summed E-state index contributed by atoms with van der Waals surface area (Å²) in [7, 11) is 0. The Morgan fingerprint density at radius 3 is 2.64 bits per heavy atom. The van der Waals surface area contributed by atoms with Gasteiger partial charge in [0.05, 0.1) is 12.7 Å². The number of rotatable bonds is 5. The standard InChI is InChI=1S/C12H25NO/c1-5-13-12-7-6-11(10(12)4)8-14-9(2)3/h9-13H,5-8H2,1-4H3. The second kappa shape index (κ2) is 5.72. The van der Waals surface area contributed by atoms with Crippen LogP contribution < -0.4 is 5.32 Å². The molecule has 0 aromatic rings. The van der Waals surface area contributed by atoms with E-state index in [1.165, 1.54) is 12.8 Å². The normalized spacial score (nSPS) is 32.8. The predicted octanol–water partition coefficient (Wildman–Crippen LogP) is 2.44. The van der Waals surface area contributed by atoms with Gasteiger partial charge in [-0.2, -0.15) is 0 Å². The summed E-state index contributed by atoms with van der Waals surface area (Å²) in [6.45, 7) is 10.8. The molecule has 1 fully saturated rings. The Balaban J connectivity index is 2.28. The molecule has 0 radical (unpaired) electrons. The van der Waals surface area contributed by atoms with E-state index >= 15 is 0 Å². The summed E-state index contributed by atoms with van der Waals surface area (Å²) in [5.74, 6) is 1.54. The van der Waals surface area contributed by atoms with Gasteiger partial charge in [0, 0.05) is 6.04 Å². The van der Waals surface area contributed by atoms with E-state index in [2.05, 4.69) is 33.0 Å². The number of ether oxygens (including phenoxy) is 1. The molecule has 1 saturated carbocycles. The van der Waals surface area contributed by atoms with E-state index < -0.39 is 0 Å². The highest BCUT2D eigenvalue weighted by Crippen LogP contribution is 2.32. The Hall–Kier alpha value is -0.0800. The van der Waals surface area contributed by atoms with Gasteiger partial charge in [-0.15, -0.1) is 0 Å². The van der Waals surface area contributed by atoms with E-state index in [1.54, 1.807) is 0 Å². The molecule has 0 heterocycles. The van der Waals surface area contributed by atoms with Crippen LogP contribution in [0.4, 0.5) is 0 Å². The zero-order chi connectivity index (χ0) is 10.6. The average molecular weight is 199 g/mol. The zero-order valence-electron chi connectivity index (χ0n) is 10.0. The van der Waals surface area contributed by atoms with Gasteiger partial charge >= 0.3 is 0 Å². The van der Waals surface area contributed by atoms with Gasteiger partial charge in [-0.1, -0.05) is 13.8 Å². The number of nitrogens with one attached hydrogen (secondary N) is 1. The first-order valence-electron chi connectivity index (χ1n) is 6.00. The fraction of sp³-hybridized carbons (Fsp3) is 1.00. The number of hydrogen-bond donors (Lipinski definition) is 1. The Morgan fingerprint density at radius 2 is 2.07 bits per heavy atom. The lowest BCUT2D eigenvalue weighted by Gasteiger charge is -2.22. The first kappa shape index (κ1) is 12.0. The molecule has 14 heavy (non-hydrogen) atoms. The van der Waals surface area contributed by atoms with Gasteiger partial charge in [-0.25, -0.2) is 0 Å². The largest absolute Gasteiger partial charge is 0.378 e. The van der Waals surface area contributed by atoms with E-state index in [1.807, 2.05) is 0 Å². The summed E-state index contributed by atoms with van der Waals surface area (Å²) in [5.41, 5.74) is 0. The molecule has 0 aromatic carbocycles. The topological polar surface area (TPSA) is 21.3 Å². The molecule has 0 bridgehead atoms. The average Bonchev–Trinajstić information content (AvgIpc) is 2.46. The van der Waals surface area contributed by atoms with E-state index in [9.17, 15) is 0 Å². The third kappa shape index (κ3) is 3.25. The van der Waals surface area contributed by atoms with Crippen molar-refractivity contribution in [3.63, 3.8) is 0 Å². The van der Waals surface area contributed by atoms with Crippen molar-refractivity contribution < 1.29 is 4.74 Å². The van der Waals surface area contributed by atoms with E-state index in [-0.39, 0.29) is 0 Å². The van der Waals surface area contributed by atoms with Gasteiger partial charge < -0.3 is 10.1 Å². The van der Waals surface area contributed by atoms with Gasteiger partial charge in [-0.05, 0) is 45.1 Å². The van der Waals surface area contributed by atoms with E-state index in [0.29, 0.717) is 6.10 Å². The van der Waals surface area contributed by atoms with E-state index in [0.717, 1.165) is 31.0 Å². The number of hydrogen-bond acceptors (Lipinski definition) is 2. The minimum Gasteiger partial charge on any atom is -0.378 e. The highest BCUT2D eigenvalue weighted by Gasteiger charge is 2.32. The van der Waals surface area contributed by atoms with Crippen LogP contribution >= 0.6 is 0 Å². The molecule has 1 aliphatic carbocycles. The quantitative estimate of drug-likeness (QED) is 0.734. The second-order valence-corrected chi connectivity index (χ2v) is 4.74. The van der Waals surface area contributed by atoms with Crippen LogP contribution in [0.25, 0.3) is 0 Å². The smallest absolute Gasteiger partial charge is 0.0519 e. The summed E-state index contributed by atoms with van der Waals surface area (Å²) >= 11 is 0. The minimum atomic E-state index is 0.375. The molecule has 3 unspecified atom stereocenters. The SMILES string of the molecule is CCNC1CCC(COC(C)C)C1C. The first-order chi connectivity index (χ1) is 6.65. The Bertz CT molecular complexity index is 158. The molecular weight excluding hydrogens is 174 g/mol. The second-order valence-electron chi connectivity index (χ2n) is 4.74. The van der Waals surface area contributed by atoms with Crippen molar-refractivity contribution >= 4 is 0 Å². The monoisotopic (exact) mass is 199 g/mol. The fourth-order valence-electron chi connectivity index (χ4n) is 2.35. The molecule has 0 saturated heterocycles. The molecule has 1 rings (SSSR count). The molecule has 0 amide bonds. The van der Waals surface area contributed by atoms with Crippen LogP contribution in [0.1, 0.15) is 40.5 Å². The van der Waals surface area contributed by atoms with Crippen molar-refractivity contribution in [2.24, 2.45) is 11.8 Å². The molecule has 1 aliphatic rings. The van der Waals surface area contributed by atoms with Gasteiger partial charge in [0.25, 0.3) is 0 Å². The summed E-state index contributed by atoms with van der Waals surface area (Å²) in [6, 6.07) is 0.723. The van der Waals surface area contributed by atoms with Gasteiger partial charge in [0.15, 0.2) is 0 Å². The van der Waals surface area contributed by atoms with Gasteiger partial charge in [0.2, 0.25) is 0 Å². The summed E-state index contributed by atoms with van der Waals surface area (Å²) in [5, 5.41) is 3.56. The van der Waals surface area contributed by atoms with Crippen LogP contribution in [-0.2, 0) is 4.74 Å². The van der Waals surface area contributed by atoms with Crippen molar-refractivity contribution in [3.05, 3.63) is 0 Å². The van der Waals surface area contributed by atoms with Crippen LogP contribution in [0, 0.1) is 11.8 Å². The van der Waals surface area contributed by atoms with Crippen molar-refractivity contribution in [1.29, 1.82) is 0 Å². The van der Waals surface area contributed by atoms with Crippen molar-refractivity contribution in [2.45, 2.75) is 52.7 Å². The third-order valence-corrected chi connectivity index (χ3v) is 3.34. The van der Waals surface area contributed by atoms with Crippen LogP contribution in [-0.4, -0.2) is 25.3 Å². The molecule has 2 heteroatoms. The van der Waals surface area contributed by atoms with Crippen molar-refractivity contribution in [1.82, 2.24) is 5.32 Å². The molecule has 3 atom stereocenters. The van der Waals surface area contributed by atoms with Crippen molar-refractivity contribution in [3.8, 4) is 0 Å². The molecular formula is C12H25NO. The maximum absolute atomic E-state index is 5.69. The maximum Gasteiger partial charge on any atom is 0.0519 e. The fourth-order valence-corrected chi connectivity index (χ4v) is 2.35. The molecule has 0 spiro atoms. The van der Waals surface area contributed by atoms with Crippen LogP contribution in [0.15, 0.2) is 0 Å². The van der Waals surface area contributed by atoms with E-state index in [4.69, 9.17) is 4.74 Å². The first-order valence-corrected chi connectivity index (χ1v) is 6.00. The molecule has 0 aliphatic heterocycles. The molecule has 2 nitrogen and oxygen atoms in total. The Morgan fingerprint density at radius 1 is 1.36 bits per heavy atom. The van der Waals surface area contributed by atoms with Crippen LogP contribution in [0.3, 0.4) is 0 Å². The summed E-state index contributed by atoms with van der Waals surface area (Å²) in [4.78, 5) is 0. The predicted molar refractivity (Wildman–Crippen MR) is 60.4 cm³/mol. The minimum absolute atomic E-state index is 0.375. The lowest BCUT2D eigenvalue weighted by Crippen LogP contribution is -2.33. The maximum atomic E-state index is 5.69. The highest BCUT2D eigenvalue weighted by molar-refractivity contribution is 4.86. The third-order valence-electron chi connectivity index (χ3n) is 3.34. The molecule has 1 N–H and O–H groups in total. The lowest BCUT2D eigenvalue weighted by atomic mass is 9.96. The zero-order valence-corrected chi connectivity index (χ0v) is 10.0. The highest BCUT2D eigenvalue weighted by atomic mass is 16.5. The summed E-state index contributed by atoms with van der Waals surface area (Å²) in [6.07, 6.45) is 3.02. The van der Waals surface area contributed by atoms with Gasteiger partial charge in [0.1, 0.15) is 0 Å². The Kier molecular flexibility index (Phi) is 4.90. The van der Waals surface area contributed by atoms with Crippen LogP contribution in [0.5, 0.6) is 0 Å². The van der Waals surface area contributed by atoms with Crippen LogP contribution in [0.2, 0.25) is 0 Å². The lowest BCUT2D eigenvalue weighted by molar-refractivity contribution is 0.0416. The Labute approximate surface area is 88.4 Å². The van der Waals surface area contributed by atoms with Crippen molar-refractivity contribution in [2.75, 3.05) is 13.2 Å². The van der Waals surface area contributed by atoms with Gasteiger partial charge in [-0.3, -0.25) is 0 Å². The molecule has 0 aromatic heterocycles. The molecule has 84 valence electrons.